The molecule has 0 radical (unpaired) electrons. The molecule has 0 bridgehead atoms. The van der Waals surface area contributed by atoms with E-state index in [1.54, 1.807) is 30.3 Å². The highest BCUT2D eigenvalue weighted by molar-refractivity contribution is 7.89. The second-order valence-corrected chi connectivity index (χ2v) is 10.8. The lowest BCUT2D eigenvalue weighted by atomic mass is 9.80. The number of carbonyl (C=O) groups is 2. The summed E-state index contributed by atoms with van der Waals surface area (Å²) < 4.78 is 38.6. The Hall–Kier alpha value is -4.74. The number of carbonyl (C=O) groups excluding carboxylic acids is 2. The van der Waals surface area contributed by atoms with Gasteiger partial charge in [-0.05, 0) is 31.4 Å². The van der Waals surface area contributed by atoms with Crippen molar-refractivity contribution < 1.29 is 32.4 Å². The molecule has 1 heterocycles. The lowest BCUT2D eigenvalue weighted by molar-refractivity contribution is -0.385. The van der Waals surface area contributed by atoms with Crippen LogP contribution in [0.4, 0.5) is 11.4 Å². The number of sulfonamides is 1. The van der Waals surface area contributed by atoms with Crippen LogP contribution in [0.25, 0.3) is 0 Å². The van der Waals surface area contributed by atoms with Crippen molar-refractivity contribution in [1.82, 2.24) is 4.72 Å². The Morgan fingerprint density at radius 2 is 1.77 bits per heavy atom. The molecule has 3 N–H and O–H groups in total. The number of hydrogen-bond donors (Lipinski definition) is 2. The van der Waals surface area contributed by atoms with Gasteiger partial charge in [0.15, 0.2) is 0 Å². The van der Waals surface area contributed by atoms with Crippen molar-refractivity contribution in [3.63, 3.8) is 0 Å². The summed E-state index contributed by atoms with van der Waals surface area (Å²) in [6.45, 7) is 1.33. The normalized spacial score (nSPS) is 17.4. The maximum absolute atomic E-state index is 13.3. The maximum Gasteiger partial charge on any atom is 0.355 e. The fraction of sp³-hybridized carbons (Fsp3) is 0.269. The van der Waals surface area contributed by atoms with Crippen LogP contribution in [0, 0.1) is 28.4 Å². The molecule has 0 spiro atoms. The second kappa shape index (κ2) is 10.8. The first-order chi connectivity index (χ1) is 19.0. The number of ether oxygens (including phenoxy) is 2. The van der Waals surface area contributed by atoms with Gasteiger partial charge in [-0.1, -0.05) is 30.3 Å². The molecular formula is C26H25N5O8S. The molecule has 1 aliphatic heterocycles. The summed E-state index contributed by atoms with van der Waals surface area (Å²) in [5.41, 5.74) is 5.03. The minimum absolute atomic E-state index is 0.0839. The van der Waals surface area contributed by atoms with E-state index in [1.807, 2.05) is 6.07 Å². The van der Waals surface area contributed by atoms with Crippen LogP contribution >= 0.6 is 0 Å². The van der Waals surface area contributed by atoms with Crippen LogP contribution in [-0.4, -0.2) is 45.5 Å². The molecule has 0 amide bonds. The zero-order valence-electron chi connectivity index (χ0n) is 21.7. The monoisotopic (exact) mass is 567 g/mol. The third-order valence-electron chi connectivity index (χ3n) is 6.58. The highest BCUT2D eigenvalue weighted by Gasteiger charge is 2.44. The Morgan fingerprint density at radius 3 is 2.30 bits per heavy atom. The van der Waals surface area contributed by atoms with E-state index in [0.717, 1.165) is 31.3 Å². The van der Waals surface area contributed by atoms with Gasteiger partial charge in [-0.3, -0.25) is 15.0 Å². The molecule has 2 aromatic rings. The van der Waals surface area contributed by atoms with Gasteiger partial charge < -0.3 is 15.2 Å². The highest BCUT2D eigenvalue weighted by Crippen LogP contribution is 2.45. The van der Waals surface area contributed by atoms with Crippen molar-refractivity contribution in [2.75, 3.05) is 19.1 Å². The molecule has 208 valence electrons. The zero-order chi connectivity index (χ0) is 29.4. The Kier molecular flexibility index (Phi) is 7.63. The lowest BCUT2D eigenvalue weighted by Crippen LogP contribution is -2.41. The van der Waals surface area contributed by atoms with Gasteiger partial charge in [-0.2, -0.15) is 5.26 Å². The molecule has 1 saturated carbocycles. The average molecular weight is 568 g/mol. The van der Waals surface area contributed by atoms with E-state index in [-0.39, 0.29) is 34.3 Å². The number of methoxy groups -OCH3 is 2. The summed E-state index contributed by atoms with van der Waals surface area (Å²) in [4.78, 5) is 38.2. The standard InChI is InChI=1S/C26H25N5O8S/c1-14-19(11-17(12-20(14)31(34)35)40(36,37)29-16-9-10-16)30-23(26(33)39-3)22(25(32)38-2)21(18(13-27)24(30)28)15-7-5-4-6-8-15/h4-8,11-12,16,21,29H,9-10,28H2,1-3H3. The van der Waals surface area contributed by atoms with Gasteiger partial charge in [0.05, 0.1) is 58.4 Å². The Balaban J connectivity index is 2.11. The zero-order valence-corrected chi connectivity index (χ0v) is 22.5. The Bertz CT molecular complexity index is 1620. The average Bonchev–Trinajstić information content (AvgIpc) is 3.75. The van der Waals surface area contributed by atoms with Crippen LogP contribution in [0.1, 0.15) is 29.9 Å². The van der Waals surface area contributed by atoms with Crippen LogP contribution in [0.2, 0.25) is 0 Å². The van der Waals surface area contributed by atoms with E-state index in [4.69, 9.17) is 15.2 Å². The molecule has 0 aromatic heterocycles. The van der Waals surface area contributed by atoms with Crippen LogP contribution in [-0.2, 0) is 29.1 Å². The predicted octanol–water partition coefficient (Wildman–Crippen LogP) is 2.24. The molecule has 0 saturated heterocycles. The van der Waals surface area contributed by atoms with Gasteiger partial charge in [-0.15, -0.1) is 0 Å². The molecule has 1 fully saturated rings. The first kappa shape index (κ1) is 28.3. The van der Waals surface area contributed by atoms with Crippen molar-refractivity contribution in [2.24, 2.45) is 5.73 Å². The molecule has 40 heavy (non-hydrogen) atoms. The molecule has 2 aliphatic rings. The van der Waals surface area contributed by atoms with Crippen LogP contribution in [0.15, 0.2) is 70.0 Å². The SMILES string of the molecule is COC(=O)C1=C(C(=O)OC)N(c2cc(S(=O)(=O)NC3CC3)cc([N+](=O)[O-])c2C)C(N)=C(C#N)C1c1ccccc1. The van der Waals surface area contributed by atoms with E-state index in [0.29, 0.717) is 18.4 Å². The van der Waals surface area contributed by atoms with Gasteiger partial charge in [0, 0.05) is 12.1 Å². The van der Waals surface area contributed by atoms with Crippen molar-refractivity contribution >= 4 is 33.3 Å². The van der Waals surface area contributed by atoms with Crippen molar-refractivity contribution in [1.29, 1.82) is 5.26 Å². The molecule has 1 atom stereocenters. The van der Waals surface area contributed by atoms with E-state index in [1.165, 1.54) is 6.92 Å². The van der Waals surface area contributed by atoms with Gasteiger partial charge in [-0.25, -0.2) is 22.7 Å². The van der Waals surface area contributed by atoms with Gasteiger partial charge in [0.25, 0.3) is 5.69 Å². The minimum Gasteiger partial charge on any atom is -0.466 e. The second-order valence-electron chi connectivity index (χ2n) is 9.07. The van der Waals surface area contributed by atoms with Gasteiger partial charge in [0.2, 0.25) is 10.0 Å². The molecule has 1 unspecified atom stereocenters. The number of nitrogens with zero attached hydrogens (tertiary/aromatic N) is 3. The Morgan fingerprint density at radius 1 is 1.15 bits per heavy atom. The number of nitro groups is 1. The fourth-order valence-electron chi connectivity index (χ4n) is 4.49. The van der Waals surface area contributed by atoms with Crippen LogP contribution < -0.4 is 15.4 Å². The van der Waals surface area contributed by atoms with Gasteiger partial charge >= 0.3 is 11.9 Å². The molecular weight excluding hydrogens is 542 g/mol. The quantitative estimate of drug-likeness (QED) is 0.270. The van der Waals surface area contributed by atoms with E-state index in [2.05, 4.69) is 4.72 Å². The van der Waals surface area contributed by atoms with Crippen molar-refractivity contribution in [2.45, 2.75) is 36.6 Å². The van der Waals surface area contributed by atoms with E-state index < -0.39 is 49.1 Å². The molecule has 1 aliphatic carbocycles. The number of nitriles is 1. The van der Waals surface area contributed by atoms with E-state index in [9.17, 15) is 33.4 Å². The maximum atomic E-state index is 13.3. The number of rotatable bonds is 8. The number of nitrogens with two attached hydrogens (primary N) is 1. The predicted molar refractivity (Wildman–Crippen MR) is 141 cm³/mol. The van der Waals surface area contributed by atoms with Crippen LogP contribution in [0.3, 0.4) is 0 Å². The number of allylic oxidation sites excluding steroid dienone is 1. The Labute approximate surface area is 229 Å². The summed E-state index contributed by atoms with van der Waals surface area (Å²) in [7, 11) is -2.09. The fourth-order valence-corrected chi connectivity index (χ4v) is 5.83. The molecule has 13 nitrogen and oxygen atoms in total. The lowest BCUT2D eigenvalue weighted by Gasteiger charge is -2.36. The summed E-state index contributed by atoms with van der Waals surface area (Å²) in [6.07, 6.45) is 1.23. The van der Waals surface area contributed by atoms with Gasteiger partial charge in [0.1, 0.15) is 11.5 Å². The smallest absolute Gasteiger partial charge is 0.355 e. The largest absolute Gasteiger partial charge is 0.466 e. The van der Waals surface area contributed by atoms with Crippen molar-refractivity contribution in [3.05, 3.63) is 86.4 Å². The minimum atomic E-state index is -4.23. The number of benzene rings is 2. The third-order valence-corrected chi connectivity index (χ3v) is 8.08. The summed E-state index contributed by atoms with van der Waals surface area (Å²) in [5.74, 6) is -3.59. The molecule has 4 rings (SSSR count). The summed E-state index contributed by atoms with van der Waals surface area (Å²) >= 11 is 0. The number of hydrogen-bond acceptors (Lipinski definition) is 11. The van der Waals surface area contributed by atoms with Crippen molar-refractivity contribution in [3.8, 4) is 6.07 Å². The first-order valence-electron chi connectivity index (χ1n) is 11.9. The molecule has 2 aromatic carbocycles. The number of esters is 2. The summed E-state index contributed by atoms with van der Waals surface area (Å²) in [6, 6.07) is 11.9. The highest BCUT2D eigenvalue weighted by atomic mass is 32.2. The third kappa shape index (κ3) is 4.99. The van der Waals surface area contributed by atoms with E-state index >= 15 is 0 Å². The number of nitrogens with one attached hydrogen (secondary N) is 1. The number of anilines is 1. The first-order valence-corrected chi connectivity index (χ1v) is 13.4. The topological polar surface area (TPSA) is 195 Å². The van der Waals surface area contributed by atoms with Crippen LogP contribution in [0.5, 0.6) is 0 Å². The number of nitro benzene ring substituents is 1. The molecule has 14 heteroatoms. The summed E-state index contributed by atoms with van der Waals surface area (Å²) in [5, 5.41) is 22.2.